The van der Waals surface area contributed by atoms with Gasteiger partial charge in [-0.05, 0) is 62.4 Å². The lowest BCUT2D eigenvalue weighted by molar-refractivity contribution is -0.136. The minimum Gasteiger partial charge on any atom is -0.486 e. The number of carbonyl (C=O) groups is 1. The fourth-order valence-electron chi connectivity index (χ4n) is 3.61. The Morgan fingerprint density at radius 1 is 0.892 bits per heavy atom. The molecule has 37 heavy (non-hydrogen) atoms. The molecule has 4 aromatic carbocycles. The number of rotatable bonds is 8. The number of ether oxygens (including phenoxy) is 1. The summed E-state index contributed by atoms with van der Waals surface area (Å²) in [5.74, 6) is -0.260. The quantitative estimate of drug-likeness (QED) is 0.160. The van der Waals surface area contributed by atoms with E-state index in [9.17, 15) is 9.90 Å². The molecular weight excluding hydrogens is 599 g/mol. The fourth-order valence-corrected chi connectivity index (χ4v) is 4.92. The Kier molecular flexibility index (Phi) is 8.90. The minimum absolute atomic E-state index is 0.232. The van der Waals surface area contributed by atoms with Crippen molar-refractivity contribution in [3.63, 3.8) is 0 Å². The molecule has 0 aromatic heterocycles. The van der Waals surface area contributed by atoms with Crippen LogP contribution in [0.5, 0.6) is 5.75 Å². The van der Waals surface area contributed by atoms with E-state index < -0.39 is 11.5 Å². The van der Waals surface area contributed by atoms with E-state index in [2.05, 4.69) is 26.5 Å². The van der Waals surface area contributed by atoms with Crippen molar-refractivity contribution in [2.45, 2.75) is 12.2 Å². The highest BCUT2D eigenvalue weighted by atomic mass is 79.9. The number of hydrogen-bond acceptors (Lipinski definition) is 4. The van der Waals surface area contributed by atoms with Gasteiger partial charge in [0.2, 0.25) is 0 Å². The highest BCUT2D eigenvalue weighted by Gasteiger charge is 2.39. The van der Waals surface area contributed by atoms with Crippen molar-refractivity contribution < 1.29 is 14.6 Å². The maximum atomic E-state index is 13.2. The molecule has 1 amide bonds. The largest absolute Gasteiger partial charge is 0.486 e. The van der Waals surface area contributed by atoms with Crippen LogP contribution in [-0.4, -0.2) is 17.2 Å². The van der Waals surface area contributed by atoms with E-state index in [1.54, 1.807) is 72.8 Å². The summed E-state index contributed by atoms with van der Waals surface area (Å²) in [5.41, 5.74) is 2.78. The molecule has 9 heteroatoms. The van der Waals surface area contributed by atoms with Crippen molar-refractivity contribution in [3.05, 3.63) is 133 Å². The first-order valence-corrected chi connectivity index (χ1v) is 12.9. The smallest absolute Gasteiger partial charge is 0.281 e. The van der Waals surface area contributed by atoms with E-state index in [1.807, 2.05) is 18.2 Å². The monoisotopic (exact) mass is 616 g/mol. The van der Waals surface area contributed by atoms with E-state index in [0.717, 1.165) is 5.56 Å². The lowest BCUT2D eigenvalue weighted by Crippen LogP contribution is -2.43. The summed E-state index contributed by atoms with van der Waals surface area (Å²) in [4.78, 5) is 13.2. The van der Waals surface area contributed by atoms with Gasteiger partial charge in [0.05, 0.1) is 25.8 Å². The number of nitrogens with one attached hydrogen (secondary N) is 1. The Hall–Kier alpha value is -2.87. The Labute approximate surface area is 237 Å². The van der Waals surface area contributed by atoms with Crippen LogP contribution in [0.25, 0.3) is 0 Å². The van der Waals surface area contributed by atoms with Crippen LogP contribution in [0.3, 0.4) is 0 Å². The third-order valence-electron chi connectivity index (χ3n) is 5.48. The summed E-state index contributed by atoms with van der Waals surface area (Å²) in [6.07, 6.45) is 1.42. The summed E-state index contributed by atoms with van der Waals surface area (Å²) in [5, 5.41) is 16.8. The first-order valence-electron chi connectivity index (χ1n) is 11.0. The second kappa shape index (κ2) is 12.1. The van der Waals surface area contributed by atoms with Gasteiger partial charge in [0.15, 0.2) is 11.4 Å². The third kappa shape index (κ3) is 6.35. The van der Waals surface area contributed by atoms with Crippen molar-refractivity contribution in [1.29, 1.82) is 0 Å². The standard InChI is InChI=1S/C28H20BrCl3N2O3/c29-22-13-19(15-25(32)26(22)37-17-18-11-12-23(30)24(31)14-18)16-33-34-27(35)28(36,20-7-3-1-4-8-20)21-9-5-2-6-10-21/h1-16,36H,17H2,(H,34,35)/b33-16+. The normalized spacial score (nSPS) is 11.5. The van der Waals surface area contributed by atoms with Crippen LogP contribution < -0.4 is 10.2 Å². The molecule has 4 aromatic rings. The Morgan fingerprint density at radius 3 is 2.08 bits per heavy atom. The van der Waals surface area contributed by atoms with Crippen molar-refractivity contribution in [2.75, 3.05) is 0 Å². The van der Waals surface area contributed by atoms with Crippen LogP contribution in [0, 0.1) is 0 Å². The molecule has 0 unspecified atom stereocenters. The second-order valence-corrected chi connectivity index (χ2v) is 10.1. The third-order valence-corrected chi connectivity index (χ3v) is 7.09. The van der Waals surface area contributed by atoms with Gasteiger partial charge in [0.25, 0.3) is 5.91 Å². The zero-order chi connectivity index (χ0) is 26.4. The summed E-state index contributed by atoms with van der Waals surface area (Å²) < 4.78 is 6.46. The number of aliphatic hydroxyl groups is 1. The van der Waals surface area contributed by atoms with Gasteiger partial charge >= 0.3 is 0 Å². The van der Waals surface area contributed by atoms with Crippen LogP contribution in [0.4, 0.5) is 0 Å². The summed E-state index contributed by atoms with van der Waals surface area (Å²) in [6.45, 7) is 0.232. The van der Waals surface area contributed by atoms with Crippen LogP contribution in [0.15, 0.2) is 101 Å². The predicted octanol–water partition coefficient (Wildman–Crippen LogP) is 7.37. The molecule has 0 atom stereocenters. The van der Waals surface area contributed by atoms with Crippen molar-refractivity contribution in [3.8, 4) is 5.75 Å². The number of hydrogen-bond donors (Lipinski definition) is 2. The molecule has 0 radical (unpaired) electrons. The fraction of sp³-hybridized carbons (Fsp3) is 0.0714. The topological polar surface area (TPSA) is 70.9 Å². The van der Waals surface area contributed by atoms with Crippen molar-refractivity contribution >= 4 is 62.9 Å². The lowest BCUT2D eigenvalue weighted by Gasteiger charge is -2.27. The molecule has 5 nitrogen and oxygen atoms in total. The molecular formula is C28H20BrCl3N2O3. The molecule has 4 rings (SSSR count). The zero-order valence-electron chi connectivity index (χ0n) is 19.2. The number of hydrazone groups is 1. The first kappa shape index (κ1) is 27.2. The first-order chi connectivity index (χ1) is 17.8. The van der Waals surface area contributed by atoms with Crippen molar-refractivity contribution in [1.82, 2.24) is 5.43 Å². The van der Waals surface area contributed by atoms with E-state index in [1.165, 1.54) is 6.21 Å². The molecule has 0 saturated carbocycles. The number of nitrogens with zero attached hydrogens (tertiary/aromatic N) is 1. The molecule has 0 saturated heterocycles. The molecule has 0 heterocycles. The molecule has 0 bridgehead atoms. The summed E-state index contributed by atoms with van der Waals surface area (Å²) in [6, 6.07) is 26.0. The Morgan fingerprint density at radius 2 is 1.51 bits per heavy atom. The molecule has 0 aliphatic carbocycles. The van der Waals surface area contributed by atoms with Crippen LogP contribution in [0.2, 0.25) is 15.1 Å². The van der Waals surface area contributed by atoms with Crippen LogP contribution in [-0.2, 0) is 17.0 Å². The van der Waals surface area contributed by atoms with Crippen LogP contribution >= 0.6 is 50.7 Å². The minimum atomic E-state index is -1.93. The zero-order valence-corrected chi connectivity index (χ0v) is 23.0. The van der Waals surface area contributed by atoms with Crippen LogP contribution in [0.1, 0.15) is 22.3 Å². The molecule has 0 fully saturated rings. The molecule has 188 valence electrons. The maximum absolute atomic E-state index is 13.2. The second-order valence-electron chi connectivity index (χ2n) is 7.99. The van der Waals surface area contributed by atoms with Gasteiger partial charge in [-0.1, -0.05) is 102 Å². The highest BCUT2D eigenvalue weighted by molar-refractivity contribution is 9.10. The number of amides is 1. The SMILES string of the molecule is O=C(N/N=C/c1cc(Cl)c(OCc2ccc(Cl)c(Cl)c2)c(Br)c1)C(O)(c1ccccc1)c1ccccc1. The van der Waals surface area contributed by atoms with E-state index in [-0.39, 0.29) is 6.61 Å². The molecule has 0 spiro atoms. The average Bonchev–Trinajstić information content (AvgIpc) is 2.90. The van der Waals surface area contributed by atoms with Gasteiger partial charge < -0.3 is 9.84 Å². The lowest BCUT2D eigenvalue weighted by atomic mass is 9.85. The van der Waals surface area contributed by atoms with Gasteiger partial charge in [0.1, 0.15) is 6.61 Å². The van der Waals surface area contributed by atoms with E-state index >= 15 is 0 Å². The molecule has 0 aliphatic rings. The highest BCUT2D eigenvalue weighted by Crippen LogP contribution is 2.35. The molecule has 0 aliphatic heterocycles. The predicted molar refractivity (Wildman–Crippen MR) is 152 cm³/mol. The molecule has 2 N–H and O–H groups in total. The maximum Gasteiger partial charge on any atom is 0.281 e. The van der Waals surface area contributed by atoms with Gasteiger partial charge in [-0.25, -0.2) is 5.43 Å². The van der Waals surface area contributed by atoms with Gasteiger partial charge in [-0.2, -0.15) is 5.10 Å². The number of benzene rings is 4. The number of halogens is 4. The summed E-state index contributed by atoms with van der Waals surface area (Å²) >= 11 is 21.9. The van der Waals surface area contributed by atoms with Gasteiger partial charge in [-0.15, -0.1) is 0 Å². The Bertz CT molecular complexity index is 1370. The van der Waals surface area contributed by atoms with Gasteiger partial charge in [-0.3, -0.25) is 4.79 Å². The van der Waals surface area contributed by atoms with Crippen molar-refractivity contribution in [2.24, 2.45) is 5.10 Å². The average molecular weight is 619 g/mol. The Balaban J connectivity index is 1.49. The van der Waals surface area contributed by atoms with E-state index in [4.69, 9.17) is 39.5 Å². The van der Waals surface area contributed by atoms with Gasteiger partial charge in [0, 0.05) is 0 Å². The number of carbonyl (C=O) groups excluding carboxylic acids is 1. The summed E-state index contributed by atoms with van der Waals surface area (Å²) in [7, 11) is 0. The van der Waals surface area contributed by atoms with E-state index in [0.29, 0.717) is 42.0 Å².